The summed E-state index contributed by atoms with van der Waals surface area (Å²) in [6.45, 7) is -0.193. The highest BCUT2D eigenvalue weighted by atomic mass is 16.2. The van der Waals surface area contributed by atoms with Crippen LogP contribution >= 0.6 is 0 Å². The standard InChI is InChI=1S/C4H5N3O2/c5-1-2-7-4(9)3(6)8/h2H2,(H2,6,8)(H,7,9). The van der Waals surface area contributed by atoms with Crippen LogP contribution in [-0.2, 0) is 9.59 Å². The van der Waals surface area contributed by atoms with E-state index < -0.39 is 11.8 Å². The molecule has 5 nitrogen and oxygen atoms in total. The zero-order valence-corrected chi connectivity index (χ0v) is 4.55. The molecule has 0 atom stereocenters. The lowest BCUT2D eigenvalue weighted by atomic mass is 10.5. The Hall–Kier alpha value is -1.57. The summed E-state index contributed by atoms with van der Waals surface area (Å²) in [4.78, 5) is 20.1. The van der Waals surface area contributed by atoms with Gasteiger partial charge < -0.3 is 11.1 Å². The average molecular weight is 127 g/mol. The van der Waals surface area contributed by atoms with Crippen LogP contribution < -0.4 is 11.1 Å². The lowest BCUT2D eigenvalue weighted by Crippen LogP contribution is -2.36. The summed E-state index contributed by atoms with van der Waals surface area (Å²) in [5, 5.41) is 9.84. The van der Waals surface area contributed by atoms with Gasteiger partial charge in [0.15, 0.2) is 0 Å². The normalized spacial score (nSPS) is 7.44. The summed E-state index contributed by atoms with van der Waals surface area (Å²) >= 11 is 0. The van der Waals surface area contributed by atoms with Gasteiger partial charge in [0, 0.05) is 0 Å². The maximum absolute atomic E-state index is 10.2. The minimum absolute atomic E-state index is 0.193. The number of amides is 2. The molecule has 3 N–H and O–H groups in total. The highest BCUT2D eigenvalue weighted by Gasteiger charge is 2.04. The van der Waals surface area contributed by atoms with Crippen LogP contribution in [0.4, 0.5) is 0 Å². The molecule has 0 aromatic heterocycles. The molecule has 0 aliphatic rings. The maximum Gasteiger partial charge on any atom is 0.309 e. The Kier molecular flexibility index (Phi) is 2.84. The van der Waals surface area contributed by atoms with Crippen LogP contribution in [0.1, 0.15) is 0 Å². The third kappa shape index (κ3) is 3.05. The molecule has 0 rings (SSSR count). The molecule has 2 amide bonds. The van der Waals surface area contributed by atoms with Crippen LogP contribution in [0.25, 0.3) is 0 Å². The predicted molar refractivity (Wildman–Crippen MR) is 27.8 cm³/mol. The molecular formula is C4H5N3O2. The topological polar surface area (TPSA) is 96.0 Å². The van der Waals surface area contributed by atoms with Crippen LogP contribution in [0.15, 0.2) is 0 Å². The summed E-state index contributed by atoms with van der Waals surface area (Å²) in [6, 6.07) is 1.61. The van der Waals surface area contributed by atoms with Gasteiger partial charge in [0.2, 0.25) is 0 Å². The van der Waals surface area contributed by atoms with E-state index in [9.17, 15) is 9.59 Å². The first-order chi connectivity index (χ1) is 4.18. The number of nitrogens with zero attached hydrogens (tertiary/aromatic N) is 1. The number of carbonyl (C=O) groups excluding carboxylic acids is 2. The number of hydrogen-bond donors (Lipinski definition) is 2. The van der Waals surface area contributed by atoms with Gasteiger partial charge in [0.1, 0.15) is 6.54 Å². The van der Waals surface area contributed by atoms with Crippen molar-refractivity contribution in [3.05, 3.63) is 0 Å². The van der Waals surface area contributed by atoms with E-state index in [0.29, 0.717) is 0 Å². The zero-order chi connectivity index (χ0) is 7.28. The monoisotopic (exact) mass is 127 g/mol. The third-order valence-corrected chi connectivity index (χ3v) is 0.552. The van der Waals surface area contributed by atoms with E-state index in [-0.39, 0.29) is 6.54 Å². The SMILES string of the molecule is N#CCNC(=O)C(N)=O. The first-order valence-electron chi connectivity index (χ1n) is 2.13. The second kappa shape index (κ2) is 3.43. The fraction of sp³-hybridized carbons (Fsp3) is 0.250. The first-order valence-corrected chi connectivity index (χ1v) is 2.13. The van der Waals surface area contributed by atoms with Crippen LogP contribution in [0.3, 0.4) is 0 Å². The maximum atomic E-state index is 10.2. The number of carbonyl (C=O) groups is 2. The molecule has 0 saturated heterocycles. The summed E-state index contributed by atoms with van der Waals surface area (Å²) in [7, 11) is 0. The summed E-state index contributed by atoms with van der Waals surface area (Å²) in [5.74, 6) is -2.01. The van der Waals surface area contributed by atoms with Gasteiger partial charge in [-0.15, -0.1) is 0 Å². The quantitative estimate of drug-likeness (QED) is 0.318. The Balaban J connectivity index is 3.55. The van der Waals surface area contributed by atoms with Gasteiger partial charge in [-0.25, -0.2) is 0 Å². The van der Waals surface area contributed by atoms with Crippen LogP contribution in [-0.4, -0.2) is 18.4 Å². The van der Waals surface area contributed by atoms with Crippen molar-refractivity contribution < 1.29 is 9.59 Å². The molecule has 0 aliphatic heterocycles. The lowest BCUT2D eigenvalue weighted by molar-refractivity contribution is -0.137. The smallest absolute Gasteiger partial charge is 0.309 e. The van der Waals surface area contributed by atoms with Gasteiger partial charge in [-0.3, -0.25) is 9.59 Å². The molecule has 0 aromatic rings. The number of rotatable bonds is 1. The molecule has 0 spiro atoms. The molecule has 0 aliphatic carbocycles. The third-order valence-electron chi connectivity index (χ3n) is 0.552. The number of hydrogen-bond acceptors (Lipinski definition) is 3. The molecule has 0 aromatic carbocycles. The fourth-order valence-electron chi connectivity index (χ4n) is 0.207. The van der Waals surface area contributed by atoms with E-state index in [1.165, 1.54) is 0 Å². The van der Waals surface area contributed by atoms with E-state index in [4.69, 9.17) is 5.26 Å². The Bertz CT molecular complexity index is 169. The molecular weight excluding hydrogens is 122 g/mol. The number of nitriles is 1. The van der Waals surface area contributed by atoms with Crippen molar-refractivity contribution >= 4 is 11.8 Å². The van der Waals surface area contributed by atoms with Gasteiger partial charge in [0.25, 0.3) is 0 Å². The van der Waals surface area contributed by atoms with Crippen molar-refractivity contribution in [2.75, 3.05) is 6.54 Å². The summed E-state index contributed by atoms with van der Waals surface area (Å²) in [5.41, 5.74) is 4.52. The predicted octanol–water partition coefficient (Wildman–Crippen LogP) is -1.89. The number of nitrogens with two attached hydrogens (primary N) is 1. The average Bonchev–Trinajstić information content (AvgIpc) is 1.82. The largest absolute Gasteiger partial charge is 0.361 e. The minimum Gasteiger partial charge on any atom is -0.361 e. The Morgan fingerprint density at radius 2 is 2.22 bits per heavy atom. The molecule has 0 unspecified atom stereocenters. The van der Waals surface area contributed by atoms with Gasteiger partial charge in [-0.1, -0.05) is 0 Å². The molecule has 0 heterocycles. The van der Waals surface area contributed by atoms with E-state index >= 15 is 0 Å². The van der Waals surface area contributed by atoms with Crippen molar-refractivity contribution in [1.82, 2.24) is 5.32 Å². The highest BCUT2D eigenvalue weighted by molar-refractivity contribution is 6.34. The van der Waals surface area contributed by atoms with Crippen molar-refractivity contribution in [3.63, 3.8) is 0 Å². The minimum atomic E-state index is -1.08. The van der Waals surface area contributed by atoms with Crippen LogP contribution in [0, 0.1) is 11.3 Å². The summed E-state index contributed by atoms with van der Waals surface area (Å²) in [6.07, 6.45) is 0. The molecule has 9 heavy (non-hydrogen) atoms. The second-order valence-corrected chi connectivity index (χ2v) is 1.21. The van der Waals surface area contributed by atoms with Gasteiger partial charge in [-0.05, 0) is 0 Å². The first kappa shape index (κ1) is 7.43. The van der Waals surface area contributed by atoms with Crippen molar-refractivity contribution in [2.45, 2.75) is 0 Å². The molecule has 0 saturated carbocycles. The van der Waals surface area contributed by atoms with E-state index in [1.54, 1.807) is 6.07 Å². The molecule has 5 heteroatoms. The molecule has 48 valence electrons. The lowest BCUT2D eigenvalue weighted by Gasteiger charge is -1.91. The van der Waals surface area contributed by atoms with Crippen molar-refractivity contribution in [2.24, 2.45) is 5.73 Å². The number of nitrogens with one attached hydrogen (secondary N) is 1. The zero-order valence-electron chi connectivity index (χ0n) is 4.55. The van der Waals surface area contributed by atoms with Gasteiger partial charge in [-0.2, -0.15) is 5.26 Å². The van der Waals surface area contributed by atoms with Gasteiger partial charge >= 0.3 is 11.8 Å². The Labute approximate surface area is 51.4 Å². The van der Waals surface area contributed by atoms with Crippen molar-refractivity contribution in [3.8, 4) is 6.07 Å². The Morgan fingerprint density at radius 1 is 1.67 bits per heavy atom. The van der Waals surface area contributed by atoms with Gasteiger partial charge in [0.05, 0.1) is 6.07 Å². The van der Waals surface area contributed by atoms with E-state index in [0.717, 1.165) is 0 Å². The highest BCUT2D eigenvalue weighted by Crippen LogP contribution is 1.59. The Morgan fingerprint density at radius 3 is 2.56 bits per heavy atom. The number of primary amides is 1. The fourth-order valence-corrected chi connectivity index (χ4v) is 0.207. The van der Waals surface area contributed by atoms with Crippen molar-refractivity contribution in [1.29, 1.82) is 5.26 Å². The van der Waals surface area contributed by atoms with E-state index in [1.807, 2.05) is 5.32 Å². The van der Waals surface area contributed by atoms with E-state index in [2.05, 4.69) is 5.73 Å². The van der Waals surface area contributed by atoms with Crippen LogP contribution in [0.2, 0.25) is 0 Å². The molecule has 0 bridgehead atoms. The summed E-state index contributed by atoms with van der Waals surface area (Å²) < 4.78 is 0. The molecule has 0 fully saturated rings. The second-order valence-electron chi connectivity index (χ2n) is 1.21. The molecule has 0 radical (unpaired) electrons. The van der Waals surface area contributed by atoms with Crippen LogP contribution in [0.5, 0.6) is 0 Å².